The van der Waals surface area contributed by atoms with Crippen LogP contribution in [0.25, 0.3) is 0 Å². The number of hydrogen-bond acceptors (Lipinski definition) is 2. The van der Waals surface area contributed by atoms with Crippen LogP contribution in [-0.2, 0) is 0 Å². The Bertz CT molecular complexity index is 85.9. The second-order valence-corrected chi connectivity index (χ2v) is 3.43. The molecule has 0 aliphatic carbocycles. The number of aliphatic hydroxyl groups excluding tert-OH is 1. The molecule has 0 aliphatic heterocycles. The van der Waals surface area contributed by atoms with Gasteiger partial charge in [-0.2, -0.15) is 0 Å². The minimum absolute atomic E-state index is 0.156. The van der Waals surface area contributed by atoms with Gasteiger partial charge in [0.1, 0.15) is 0 Å². The monoisotopic (exact) mass is 173 g/mol. The summed E-state index contributed by atoms with van der Waals surface area (Å²) in [5, 5.41) is 9.33. The van der Waals surface area contributed by atoms with Gasteiger partial charge in [-0.3, -0.25) is 0 Å². The predicted octanol–water partition coefficient (Wildman–Crippen LogP) is 2.06. The maximum atomic E-state index is 9.33. The molecule has 1 unspecified atom stereocenters. The van der Waals surface area contributed by atoms with Gasteiger partial charge in [0.2, 0.25) is 0 Å². The first-order valence-corrected chi connectivity index (χ1v) is 5.19. The topological polar surface area (TPSA) is 46.2 Å². The van der Waals surface area contributed by atoms with E-state index in [-0.39, 0.29) is 6.10 Å². The molecule has 0 saturated heterocycles. The summed E-state index contributed by atoms with van der Waals surface area (Å²) in [4.78, 5) is 0. The summed E-state index contributed by atoms with van der Waals surface area (Å²) in [7, 11) is 0. The lowest BCUT2D eigenvalue weighted by Gasteiger charge is -2.07. The molecular formula is C10H23NO. The Morgan fingerprint density at radius 1 is 1.08 bits per heavy atom. The molecule has 2 nitrogen and oxygen atoms in total. The highest BCUT2D eigenvalue weighted by Crippen LogP contribution is 2.08. The molecule has 0 saturated carbocycles. The average molecular weight is 173 g/mol. The van der Waals surface area contributed by atoms with Crippen molar-refractivity contribution in [3.8, 4) is 0 Å². The molecule has 0 fully saturated rings. The molecule has 0 bridgehead atoms. The zero-order valence-electron chi connectivity index (χ0n) is 8.26. The Morgan fingerprint density at radius 2 is 1.75 bits per heavy atom. The van der Waals surface area contributed by atoms with Crippen molar-refractivity contribution >= 4 is 0 Å². The van der Waals surface area contributed by atoms with Crippen LogP contribution in [0, 0.1) is 0 Å². The second kappa shape index (κ2) is 9.01. The van der Waals surface area contributed by atoms with Gasteiger partial charge in [0, 0.05) is 0 Å². The minimum Gasteiger partial charge on any atom is -0.393 e. The van der Waals surface area contributed by atoms with Crippen molar-refractivity contribution in [3.05, 3.63) is 0 Å². The van der Waals surface area contributed by atoms with E-state index < -0.39 is 0 Å². The molecule has 0 rings (SSSR count). The summed E-state index contributed by atoms with van der Waals surface area (Å²) in [5.41, 5.74) is 5.32. The van der Waals surface area contributed by atoms with Gasteiger partial charge in [0.05, 0.1) is 6.10 Å². The smallest absolute Gasteiger partial charge is 0.0552 e. The first kappa shape index (κ1) is 11.9. The fourth-order valence-electron chi connectivity index (χ4n) is 1.32. The molecule has 0 heterocycles. The lowest BCUT2D eigenvalue weighted by atomic mass is 10.1. The molecule has 0 aromatic heterocycles. The van der Waals surface area contributed by atoms with Crippen molar-refractivity contribution in [3.63, 3.8) is 0 Å². The number of aliphatic hydroxyl groups is 1. The SMILES string of the molecule is CCCCCCCC(O)CCN. The van der Waals surface area contributed by atoms with Gasteiger partial charge in [-0.15, -0.1) is 0 Å². The number of nitrogens with two attached hydrogens (primary N) is 1. The fourth-order valence-corrected chi connectivity index (χ4v) is 1.32. The van der Waals surface area contributed by atoms with Crippen LogP contribution in [0.3, 0.4) is 0 Å². The van der Waals surface area contributed by atoms with Crippen LogP contribution in [0.15, 0.2) is 0 Å². The Hall–Kier alpha value is -0.0800. The van der Waals surface area contributed by atoms with Gasteiger partial charge in [0.25, 0.3) is 0 Å². The first-order valence-electron chi connectivity index (χ1n) is 5.19. The molecule has 0 aliphatic rings. The summed E-state index contributed by atoms with van der Waals surface area (Å²) in [6.45, 7) is 2.82. The summed E-state index contributed by atoms with van der Waals surface area (Å²) >= 11 is 0. The molecule has 0 aromatic carbocycles. The normalized spacial score (nSPS) is 13.2. The Morgan fingerprint density at radius 3 is 2.33 bits per heavy atom. The quantitative estimate of drug-likeness (QED) is 0.552. The Balaban J connectivity index is 2.97. The van der Waals surface area contributed by atoms with Crippen LogP contribution in [0.5, 0.6) is 0 Å². The van der Waals surface area contributed by atoms with Crippen LogP contribution in [0.1, 0.15) is 51.9 Å². The van der Waals surface area contributed by atoms with Gasteiger partial charge in [0.15, 0.2) is 0 Å². The van der Waals surface area contributed by atoms with Crippen LogP contribution in [0.2, 0.25) is 0 Å². The molecular weight excluding hydrogens is 150 g/mol. The molecule has 0 aromatic rings. The minimum atomic E-state index is -0.156. The standard InChI is InChI=1S/C10H23NO/c1-2-3-4-5-6-7-10(12)8-9-11/h10,12H,2-9,11H2,1H3. The predicted molar refractivity (Wildman–Crippen MR) is 53.1 cm³/mol. The largest absolute Gasteiger partial charge is 0.393 e. The molecule has 0 spiro atoms. The van der Waals surface area contributed by atoms with E-state index in [1.165, 1.54) is 25.7 Å². The summed E-state index contributed by atoms with van der Waals surface area (Å²) in [5.74, 6) is 0. The molecule has 74 valence electrons. The zero-order chi connectivity index (χ0) is 9.23. The zero-order valence-corrected chi connectivity index (χ0v) is 8.26. The Kier molecular flexibility index (Phi) is 8.95. The van der Waals surface area contributed by atoms with Gasteiger partial charge >= 0.3 is 0 Å². The van der Waals surface area contributed by atoms with Crippen LogP contribution < -0.4 is 5.73 Å². The lowest BCUT2D eigenvalue weighted by molar-refractivity contribution is 0.153. The third kappa shape index (κ3) is 8.02. The molecule has 1 atom stereocenters. The van der Waals surface area contributed by atoms with Crippen molar-refractivity contribution < 1.29 is 5.11 Å². The van der Waals surface area contributed by atoms with Crippen molar-refractivity contribution in [1.82, 2.24) is 0 Å². The van der Waals surface area contributed by atoms with E-state index in [1.807, 2.05) is 0 Å². The lowest BCUT2D eigenvalue weighted by Crippen LogP contribution is -2.12. The molecule has 0 amide bonds. The maximum absolute atomic E-state index is 9.33. The van der Waals surface area contributed by atoms with Crippen molar-refractivity contribution in [2.45, 2.75) is 58.0 Å². The number of rotatable bonds is 8. The molecule has 0 radical (unpaired) electrons. The van der Waals surface area contributed by atoms with Crippen LogP contribution in [0.4, 0.5) is 0 Å². The van der Waals surface area contributed by atoms with Crippen molar-refractivity contribution in [2.24, 2.45) is 5.73 Å². The number of unbranched alkanes of at least 4 members (excludes halogenated alkanes) is 4. The third-order valence-corrected chi connectivity index (χ3v) is 2.14. The van der Waals surface area contributed by atoms with Gasteiger partial charge in [-0.25, -0.2) is 0 Å². The highest BCUT2D eigenvalue weighted by atomic mass is 16.3. The van der Waals surface area contributed by atoms with Crippen LogP contribution in [-0.4, -0.2) is 17.8 Å². The average Bonchev–Trinajstić information content (AvgIpc) is 2.05. The highest BCUT2D eigenvalue weighted by Gasteiger charge is 2.01. The summed E-state index contributed by atoms with van der Waals surface area (Å²) < 4.78 is 0. The van der Waals surface area contributed by atoms with E-state index in [4.69, 9.17) is 5.73 Å². The van der Waals surface area contributed by atoms with E-state index in [2.05, 4.69) is 6.92 Å². The number of hydrogen-bond donors (Lipinski definition) is 2. The molecule has 3 N–H and O–H groups in total. The van der Waals surface area contributed by atoms with Crippen LogP contribution >= 0.6 is 0 Å². The van der Waals surface area contributed by atoms with E-state index in [0.717, 1.165) is 19.3 Å². The fraction of sp³-hybridized carbons (Fsp3) is 1.00. The summed E-state index contributed by atoms with van der Waals surface area (Å²) in [6, 6.07) is 0. The second-order valence-electron chi connectivity index (χ2n) is 3.43. The Labute approximate surface area is 76.2 Å². The molecule has 2 heteroatoms. The van der Waals surface area contributed by atoms with Crippen molar-refractivity contribution in [2.75, 3.05) is 6.54 Å². The van der Waals surface area contributed by atoms with E-state index in [9.17, 15) is 5.11 Å². The van der Waals surface area contributed by atoms with E-state index in [0.29, 0.717) is 6.54 Å². The van der Waals surface area contributed by atoms with E-state index in [1.54, 1.807) is 0 Å². The maximum Gasteiger partial charge on any atom is 0.0552 e. The molecule has 12 heavy (non-hydrogen) atoms. The highest BCUT2D eigenvalue weighted by molar-refractivity contribution is 4.56. The summed E-state index contributed by atoms with van der Waals surface area (Å²) in [6.07, 6.45) is 7.87. The third-order valence-electron chi connectivity index (χ3n) is 2.14. The first-order chi connectivity index (χ1) is 5.81. The van der Waals surface area contributed by atoms with Gasteiger partial charge in [-0.05, 0) is 19.4 Å². The van der Waals surface area contributed by atoms with Gasteiger partial charge in [-0.1, -0.05) is 39.0 Å². The van der Waals surface area contributed by atoms with Crippen molar-refractivity contribution in [1.29, 1.82) is 0 Å². The van der Waals surface area contributed by atoms with E-state index >= 15 is 0 Å². The van der Waals surface area contributed by atoms with Gasteiger partial charge < -0.3 is 10.8 Å².